The van der Waals surface area contributed by atoms with Crippen LogP contribution >= 0.6 is 11.6 Å². The van der Waals surface area contributed by atoms with Crippen molar-refractivity contribution in [3.63, 3.8) is 0 Å². The zero-order chi connectivity index (χ0) is 15.4. The number of aliphatic carboxylic acids is 1. The molecule has 0 aliphatic rings. The van der Waals surface area contributed by atoms with Gasteiger partial charge in [0.05, 0.1) is 6.20 Å². The van der Waals surface area contributed by atoms with Crippen LogP contribution in [0.1, 0.15) is 16.1 Å². The SMILES string of the molecule is CN(Cc1ccccc1Cl)C(=O)c1cn(CC(=O)O)nn1. The Balaban J connectivity index is 2.07. The van der Waals surface area contributed by atoms with Gasteiger partial charge >= 0.3 is 5.97 Å². The molecule has 0 spiro atoms. The highest BCUT2D eigenvalue weighted by molar-refractivity contribution is 6.31. The van der Waals surface area contributed by atoms with Crippen LogP contribution in [-0.4, -0.2) is 43.9 Å². The summed E-state index contributed by atoms with van der Waals surface area (Å²) in [4.78, 5) is 24.2. The van der Waals surface area contributed by atoms with Crippen molar-refractivity contribution < 1.29 is 14.7 Å². The molecule has 8 heteroatoms. The molecule has 110 valence electrons. The molecular weight excluding hydrogens is 296 g/mol. The van der Waals surface area contributed by atoms with Crippen LogP contribution in [0.3, 0.4) is 0 Å². The van der Waals surface area contributed by atoms with Gasteiger partial charge in [0.1, 0.15) is 6.54 Å². The topological polar surface area (TPSA) is 88.3 Å². The van der Waals surface area contributed by atoms with Crippen LogP contribution in [0.15, 0.2) is 30.5 Å². The van der Waals surface area contributed by atoms with Gasteiger partial charge in [0.15, 0.2) is 5.69 Å². The van der Waals surface area contributed by atoms with E-state index in [1.165, 1.54) is 11.1 Å². The third kappa shape index (κ3) is 3.79. The Labute approximate surface area is 125 Å². The van der Waals surface area contributed by atoms with E-state index in [0.29, 0.717) is 11.6 Å². The Bertz CT molecular complexity index is 671. The van der Waals surface area contributed by atoms with Crippen molar-refractivity contribution in [1.82, 2.24) is 19.9 Å². The van der Waals surface area contributed by atoms with Crippen molar-refractivity contribution in [3.8, 4) is 0 Å². The van der Waals surface area contributed by atoms with Gasteiger partial charge in [0.25, 0.3) is 5.91 Å². The Hall–Kier alpha value is -2.41. The number of carbonyl (C=O) groups is 2. The van der Waals surface area contributed by atoms with Gasteiger partial charge in [0, 0.05) is 18.6 Å². The molecule has 21 heavy (non-hydrogen) atoms. The van der Waals surface area contributed by atoms with Crippen LogP contribution in [0.2, 0.25) is 5.02 Å². The first-order valence-corrected chi connectivity index (χ1v) is 6.46. The van der Waals surface area contributed by atoms with Crippen molar-refractivity contribution in [2.75, 3.05) is 7.05 Å². The highest BCUT2D eigenvalue weighted by Crippen LogP contribution is 2.17. The minimum atomic E-state index is -1.05. The van der Waals surface area contributed by atoms with Crippen LogP contribution < -0.4 is 0 Å². The predicted octanol–water partition coefficient (Wildman–Crippen LogP) is 1.29. The molecule has 1 heterocycles. The molecule has 0 saturated carbocycles. The van der Waals surface area contributed by atoms with Crippen molar-refractivity contribution in [2.24, 2.45) is 0 Å². The van der Waals surface area contributed by atoms with E-state index in [0.717, 1.165) is 10.2 Å². The molecule has 0 fully saturated rings. The fourth-order valence-electron chi connectivity index (χ4n) is 1.76. The number of nitrogens with zero attached hydrogens (tertiary/aromatic N) is 4. The fourth-order valence-corrected chi connectivity index (χ4v) is 1.96. The maximum atomic E-state index is 12.2. The van der Waals surface area contributed by atoms with Gasteiger partial charge in [-0.05, 0) is 11.6 Å². The van der Waals surface area contributed by atoms with E-state index < -0.39 is 5.97 Å². The minimum absolute atomic E-state index is 0.0887. The molecule has 7 nitrogen and oxygen atoms in total. The first-order chi connectivity index (χ1) is 9.97. The van der Waals surface area contributed by atoms with E-state index in [-0.39, 0.29) is 18.1 Å². The highest BCUT2D eigenvalue weighted by Gasteiger charge is 2.17. The number of hydrogen-bond acceptors (Lipinski definition) is 4. The number of rotatable bonds is 5. The summed E-state index contributed by atoms with van der Waals surface area (Å²) in [6.45, 7) is -0.0151. The average Bonchev–Trinajstić information content (AvgIpc) is 2.88. The lowest BCUT2D eigenvalue weighted by atomic mass is 10.2. The predicted molar refractivity (Wildman–Crippen MR) is 74.9 cm³/mol. The maximum Gasteiger partial charge on any atom is 0.325 e. The zero-order valence-corrected chi connectivity index (χ0v) is 12.0. The molecule has 0 radical (unpaired) electrons. The van der Waals surface area contributed by atoms with Crippen molar-refractivity contribution in [3.05, 3.63) is 46.7 Å². The Morgan fingerprint density at radius 2 is 2.10 bits per heavy atom. The van der Waals surface area contributed by atoms with Crippen LogP contribution in [-0.2, 0) is 17.9 Å². The maximum absolute atomic E-state index is 12.2. The first kappa shape index (κ1) is 15.0. The molecule has 1 aromatic carbocycles. The Morgan fingerprint density at radius 3 is 2.76 bits per heavy atom. The van der Waals surface area contributed by atoms with E-state index >= 15 is 0 Å². The summed E-state index contributed by atoms with van der Waals surface area (Å²) >= 11 is 6.05. The van der Waals surface area contributed by atoms with E-state index in [2.05, 4.69) is 10.3 Å². The molecule has 1 amide bonds. The minimum Gasteiger partial charge on any atom is -0.480 e. The summed E-state index contributed by atoms with van der Waals surface area (Å²) in [5.74, 6) is -1.41. The lowest BCUT2D eigenvalue weighted by Gasteiger charge is -2.16. The molecule has 0 unspecified atom stereocenters. The Kier molecular flexibility index (Phi) is 4.54. The van der Waals surface area contributed by atoms with E-state index in [1.54, 1.807) is 13.1 Å². The second-order valence-electron chi connectivity index (χ2n) is 4.45. The summed E-state index contributed by atoms with van der Waals surface area (Å²) in [5.41, 5.74) is 0.902. The van der Waals surface area contributed by atoms with Crippen LogP contribution in [0, 0.1) is 0 Å². The number of carboxylic acid groups (broad SMARTS) is 1. The van der Waals surface area contributed by atoms with Crippen LogP contribution in [0.5, 0.6) is 0 Å². The second kappa shape index (κ2) is 6.36. The lowest BCUT2D eigenvalue weighted by molar-refractivity contribution is -0.137. The molecule has 1 aromatic heterocycles. The van der Waals surface area contributed by atoms with Crippen LogP contribution in [0.4, 0.5) is 0 Å². The molecule has 2 rings (SSSR count). The number of hydrogen-bond donors (Lipinski definition) is 1. The van der Waals surface area contributed by atoms with Crippen molar-refractivity contribution >= 4 is 23.5 Å². The largest absolute Gasteiger partial charge is 0.480 e. The zero-order valence-electron chi connectivity index (χ0n) is 11.2. The molecule has 0 aliphatic heterocycles. The number of carboxylic acids is 1. The first-order valence-electron chi connectivity index (χ1n) is 6.08. The number of aromatic nitrogens is 3. The second-order valence-corrected chi connectivity index (χ2v) is 4.85. The summed E-state index contributed by atoms with van der Waals surface area (Å²) in [5, 5.41) is 16.5. The van der Waals surface area contributed by atoms with Gasteiger partial charge in [-0.2, -0.15) is 0 Å². The van der Waals surface area contributed by atoms with Crippen molar-refractivity contribution in [1.29, 1.82) is 0 Å². The number of amides is 1. The van der Waals surface area contributed by atoms with Gasteiger partial charge in [-0.1, -0.05) is 35.0 Å². The van der Waals surface area contributed by atoms with Gasteiger partial charge in [-0.25, -0.2) is 4.68 Å². The molecule has 0 aliphatic carbocycles. The smallest absolute Gasteiger partial charge is 0.325 e. The van der Waals surface area contributed by atoms with E-state index in [4.69, 9.17) is 16.7 Å². The van der Waals surface area contributed by atoms with E-state index in [1.807, 2.05) is 18.2 Å². The third-order valence-electron chi connectivity index (χ3n) is 2.77. The highest BCUT2D eigenvalue weighted by atomic mass is 35.5. The number of benzene rings is 1. The summed E-state index contributed by atoms with van der Waals surface area (Å²) in [6.07, 6.45) is 1.31. The van der Waals surface area contributed by atoms with Gasteiger partial charge < -0.3 is 10.0 Å². The van der Waals surface area contributed by atoms with Gasteiger partial charge in [0.2, 0.25) is 0 Å². The van der Waals surface area contributed by atoms with E-state index in [9.17, 15) is 9.59 Å². The molecular formula is C13H13ClN4O3. The average molecular weight is 309 g/mol. The molecule has 2 aromatic rings. The number of halogens is 1. The molecule has 1 N–H and O–H groups in total. The third-order valence-corrected chi connectivity index (χ3v) is 3.14. The fraction of sp³-hybridized carbons (Fsp3) is 0.231. The van der Waals surface area contributed by atoms with Crippen LogP contribution in [0.25, 0.3) is 0 Å². The summed E-state index contributed by atoms with van der Waals surface area (Å²) < 4.78 is 1.10. The van der Waals surface area contributed by atoms with Crippen molar-refractivity contribution in [2.45, 2.75) is 13.1 Å². The lowest BCUT2D eigenvalue weighted by Crippen LogP contribution is -2.26. The quantitative estimate of drug-likeness (QED) is 0.899. The Morgan fingerprint density at radius 1 is 1.38 bits per heavy atom. The normalized spacial score (nSPS) is 10.4. The van der Waals surface area contributed by atoms with Gasteiger partial charge in [-0.15, -0.1) is 5.10 Å². The molecule has 0 atom stereocenters. The molecule has 0 bridgehead atoms. The molecule has 0 saturated heterocycles. The monoisotopic (exact) mass is 308 g/mol. The standard InChI is InChI=1S/C13H13ClN4O3/c1-17(6-9-4-2-3-5-10(9)14)13(21)11-7-18(16-15-11)8-12(19)20/h2-5,7H,6,8H2,1H3,(H,19,20). The summed E-state index contributed by atoms with van der Waals surface area (Å²) in [6, 6.07) is 7.22. The number of carbonyl (C=O) groups excluding carboxylic acids is 1. The van der Waals surface area contributed by atoms with Gasteiger partial charge in [-0.3, -0.25) is 9.59 Å². The summed E-state index contributed by atoms with van der Waals surface area (Å²) in [7, 11) is 1.61.